The predicted octanol–water partition coefficient (Wildman–Crippen LogP) is 4.20. The Morgan fingerprint density at radius 3 is 2.73 bits per heavy atom. The second-order valence-corrected chi connectivity index (χ2v) is 7.32. The van der Waals surface area contributed by atoms with Crippen molar-refractivity contribution in [3.05, 3.63) is 66.1 Å². The SMILES string of the molecule is OCc1ccc(Oc2nccnc2C2CCOCC2)cc1-c1nc2ccccc2[nH]1. The maximum absolute atomic E-state index is 9.83. The molecule has 1 aliphatic rings. The van der Waals surface area contributed by atoms with Crippen molar-refractivity contribution in [1.29, 1.82) is 0 Å². The number of ether oxygens (including phenoxy) is 2. The van der Waals surface area contributed by atoms with Gasteiger partial charge in [0.15, 0.2) is 0 Å². The summed E-state index contributed by atoms with van der Waals surface area (Å²) in [5.74, 6) is 2.09. The number of aromatic amines is 1. The van der Waals surface area contributed by atoms with Crippen LogP contribution in [0.1, 0.15) is 30.0 Å². The first-order valence-electron chi connectivity index (χ1n) is 10.1. The number of hydrogen-bond donors (Lipinski definition) is 2. The van der Waals surface area contributed by atoms with Gasteiger partial charge in [0.1, 0.15) is 17.3 Å². The molecule has 152 valence electrons. The molecular formula is C23H22N4O3. The Labute approximate surface area is 173 Å². The summed E-state index contributed by atoms with van der Waals surface area (Å²) in [4.78, 5) is 17.0. The Hall–Kier alpha value is -3.29. The van der Waals surface area contributed by atoms with E-state index >= 15 is 0 Å². The third-order valence-electron chi connectivity index (χ3n) is 5.41. The van der Waals surface area contributed by atoms with Crippen LogP contribution in [0, 0.1) is 0 Å². The zero-order chi connectivity index (χ0) is 20.3. The van der Waals surface area contributed by atoms with Gasteiger partial charge in [-0.15, -0.1) is 0 Å². The quantitative estimate of drug-likeness (QED) is 0.520. The third-order valence-corrected chi connectivity index (χ3v) is 5.41. The Morgan fingerprint density at radius 1 is 1.07 bits per heavy atom. The number of nitrogens with one attached hydrogen (secondary N) is 1. The molecule has 7 heteroatoms. The molecule has 2 aromatic carbocycles. The first kappa shape index (κ1) is 18.7. The lowest BCUT2D eigenvalue weighted by atomic mass is 9.96. The molecule has 3 heterocycles. The number of H-pyrrole nitrogens is 1. The summed E-state index contributed by atoms with van der Waals surface area (Å²) in [6.45, 7) is 1.36. The fourth-order valence-corrected chi connectivity index (χ4v) is 3.84. The molecule has 7 nitrogen and oxygen atoms in total. The highest BCUT2D eigenvalue weighted by atomic mass is 16.5. The van der Waals surface area contributed by atoms with Crippen molar-refractivity contribution >= 4 is 11.0 Å². The number of aliphatic hydroxyl groups excluding tert-OH is 1. The minimum atomic E-state index is -0.0921. The van der Waals surface area contributed by atoms with Crippen molar-refractivity contribution in [3.63, 3.8) is 0 Å². The van der Waals surface area contributed by atoms with Crippen molar-refractivity contribution in [1.82, 2.24) is 19.9 Å². The monoisotopic (exact) mass is 402 g/mol. The van der Waals surface area contributed by atoms with Gasteiger partial charge in [-0.05, 0) is 42.7 Å². The highest BCUT2D eigenvalue weighted by Crippen LogP contribution is 2.34. The topological polar surface area (TPSA) is 93.2 Å². The van der Waals surface area contributed by atoms with Crippen LogP contribution in [-0.2, 0) is 11.3 Å². The molecular weight excluding hydrogens is 380 g/mol. The number of para-hydroxylation sites is 2. The van der Waals surface area contributed by atoms with Gasteiger partial charge in [-0.1, -0.05) is 18.2 Å². The maximum Gasteiger partial charge on any atom is 0.241 e. The molecule has 1 saturated heterocycles. The minimum absolute atomic E-state index is 0.0921. The van der Waals surface area contributed by atoms with Crippen LogP contribution in [0.3, 0.4) is 0 Å². The van der Waals surface area contributed by atoms with Gasteiger partial charge in [-0.3, -0.25) is 4.98 Å². The molecule has 0 bridgehead atoms. The van der Waals surface area contributed by atoms with Gasteiger partial charge in [0.2, 0.25) is 5.88 Å². The highest BCUT2D eigenvalue weighted by molar-refractivity contribution is 5.80. The summed E-state index contributed by atoms with van der Waals surface area (Å²) in [5, 5.41) is 9.83. The van der Waals surface area contributed by atoms with E-state index in [0.29, 0.717) is 17.5 Å². The fourth-order valence-electron chi connectivity index (χ4n) is 3.84. The lowest BCUT2D eigenvalue weighted by molar-refractivity contribution is 0.0839. The lowest BCUT2D eigenvalue weighted by Gasteiger charge is -2.22. The van der Waals surface area contributed by atoms with E-state index in [4.69, 9.17) is 9.47 Å². The van der Waals surface area contributed by atoms with Crippen molar-refractivity contribution < 1.29 is 14.6 Å². The largest absolute Gasteiger partial charge is 0.437 e. The van der Waals surface area contributed by atoms with E-state index in [1.165, 1.54) is 0 Å². The van der Waals surface area contributed by atoms with Gasteiger partial charge in [0, 0.05) is 37.1 Å². The van der Waals surface area contributed by atoms with Crippen LogP contribution in [0.15, 0.2) is 54.9 Å². The molecule has 0 unspecified atom stereocenters. The van der Waals surface area contributed by atoms with Crippen LogP contribution in [-0.4, -0.2) is 38.3 Å². The summed E-state index contributed by atoms with van der Waals surface area (Å²) in [6.07, 6.45) is 5.15. The van der Waals surface area contributed by atoms with Crippen molar-refractivity contribution in [2.45, 2.75) is 25.4 Å². The van der Waals surface area contributed by atoms with Gasteiger partial charge in [0.25, 0.3) is 0 Å². The lowest BCUT2D eigenvalue weighted by Crippen LogP contribution is -2.16. The van der Waals surface area contributed by atoms with Crippen LogP contribution >= 0.6 is 0 Å². The molecule has 0 saturated carbocycles. The number of rotatable bonds is 5. The maximum atomic E-state index is 9.83. The predicted molar refractivity (Wildman–Crippen MR) is 112 cm³/mol. The zero-order valence-electron chi connectivity index (χ0n) is 16.4. The number of hydrogen-bond acceptors (Lipinski definition) is 6. The summed E-state index contributed by atoms with van der Waals surface area (Å²) >= 11 is 0. The van der Waals surface area contributed by atoms with Crippen LogP contribution in [0.4, 0.5) is 0 Å². The zero-order valence-corrected chi connectivity index (χ0v) is 16.4. The first-order chi connectivity index (χ1) is 14.8. The second-order valence-electron chi connectivity index (χ2n) is 7.32. The number of aromatic nitrogens is 4. The summed E-state index contributed by atoms with van der Waals surface area (Å²) < 4.78 is 11.6. The van der Waals surface area contributed by atoms with E-state index in [1.54, 1.807) is 12.4 Å². The minimum Gasteiger partial charge on any atom is -0.437 e. The van der Waals surface area contributed by atoms with E-state index in [0.717, 1.165) is 53.9 Å². The van der Waals surface area contributed by atoms with E-state index < -0.39 is 0 Å². The molecule has 4 aromatic rings. The molecule has 0 amide bonds. The summed E-state index contributed by atoms with van der Waals surface area (Å²) in [6, 6.07) is 13.4. The Morgan fingerprint density at radius 2 is 1.90 bits per heavy atom. The van der Waals surface area contributed by atoms with Crippen molar-refractivity contribution in [2.75, 3.05) is 13.2 Å². The molecule has 1 aliphatic heterocycles. The second kappa shape index (κ2) is 8.22. The smallest absolute Gasteiger partial charge is 0.241 e. The molecule has 2 aromatic heterocycles. The Bertz CT molecular complexity index is 1140. The van der Waals surface area contributed by atoms with Crippen LogP contribution < -0.4 is 4.74 Å². The number of aliphatic hydroxyl groups is 1. The van der Waals surface area contributed by atoms with Gasteiger partial charge < -0.3 is 19.6 Å². The average molecular weight is 402 g/mol. The molecule has 1 fully saturated rings. The summed E-state index contributed by atoms with van der Waals surface area (Å²) in [7, 11) is 0. The van der Waals surface area contributed by atoms with Crippen molar-refractivity contribution in [2.24, 2.45) is 0 Å². The number of fused-ring (bicyclic) bond motifs is 1. The van der Waals surface area contributed by atoms with E-state index in [1.807, 2.05) is 42.5 Å². The van der Waals surface area contributed by atoms with Crippen LogP contribution in [0.2, 0.25) is 0 Å². The molecule has 0 atom stereocenters. The van der Waals surface area contributed by atoms with E-state index in [-0.39, 0.29) is 12.5 Å². The first-order valence-corrected chi connectivity index (χ1v) is 10.1. The van der Waals surface area contributed by atoms with Crippen LogP contribution in [0.25, 0.3) is 22.4 Å². The molecule has 0 radical (unpaired) electrons. The molecule has 0 spiro atoms. The molecule has 0 aliphatic carbocycles. The highest BCUT2D eigenvalue weighted by Gasteiger charge is 2.22. The molecule has 5 rings (SSSR count). The molecule has 2 N–H and O–H groups in total. The van der Waals surface area contributed by atoms with Gasteiger partial charge >= 0.3 is 0 Å². The van der Waals surface area contributed by atoms with Gasteiger partial charge in [0.05, 0.1) is 17.6 Å². The molecule has 30 heavy (non-hydrogen) atoms. The Kier molecular flexibility index (Phi) is 5.13. The van der Waals surface area contributed by atoms with Gasteiger partial charge in [-0.2, -0.15) is 0 Å². The fraction of sp³-hybridized carbons (Fsp3) is 0.261. The standard InChI is InChI=1S/C23H22N4O3/c28-14-16-5-6-17(13-18(16)22-26-19-3-1-2-4-20(19)27-22)30-23-21(24-9-10-25-23)15-7-11-29-12-8-15/h1-6,9-10,13,15,28H,7-8,11-12,14H2,(H,26,27). The summed E-state index contributed by atoms with van der Waals surface area (Å²) in [5.41, 5.74) is 4.24. The third kappa shape index (κ3) is 3.65. The normalized spacial score (nSPS) is 14.8. The van der Waals surface area contributed by atoms with Gasteiger partial charge in [-0.25, -0.2) is 9.97 Å². The van der Waals surface area contributed by atoms with Crippen molar-refractivity contribution in [3.8, 4) is 23.0 Å². The number of benzene rings is 2. The number of imidazole rings is 1. The van der Waals surface area contributed by atoms with E-state index in [9.17, 15) is 5.11 Å². The van der Waals surface area contributed by atoms with E-state index in [2.05, 4.69) is 19.9 Å². The Balaban J connectivity index is 1.50. The average Bonchev–Trinajstić information content (AvgIpc) is 3.24. The number of nitrogens with zero attached hydrogens (tertiary/aromatic N) is 3. The van der Waals surface area contributed by atoms with Crippen LogP contribution in [0.5, 0.6) is 11.6 Å².